The summed E-state index contributed by atoms with van der Waals surface area (Å²) in [5.41, 5.74) is 7.70. The fraction of sp³-hybridized carbons (Fsp3) is 0.143. The number of thiocarbonyl (C=S) groups is 1. The van der Waals surface area contributed by atoms with Crippen molar-refractivity contribution in [3.8, 4) is 0 Å². The SMILES string of the molecule is NC(=S)N1CCC([c-]2cccc2)=N1.[Fe+2].c1cc[cH-]c1. The summed E-state index contributed by atoms with van der Waals surface area (Å²) in [7, 11) is 0. The second kappa shape index (κ2) is 7.89. The molecule has 1 aliphatic rings. The minimum atomic E-state index is 0. The van der Waals surface area contributed by atoms with E-state index in [1.807, 2.05) is 54.6 Å². The molecule has 0 atom stereocenters. The van der Waals surface area contributed by atoms with Crippen LogP contribution in [0.4, 0.5) is 0 Å². The molecular weight excluding hydrogens is 298 g/mol. The molecule has 3 nitrogen and oxygen atoms in total. The standard InChI is InChI=1S/C9H10N3S.C5H5.Fe/c10-9(13)12-6-5-8(11-12)7-3-1-2-4-7;1-2-4-5-3-1;/h1-4H,5-6H2,(H2,10,13);1-5H;/q2*-1;+2. The van der Waals surface area contributed by atoms with Crippen LogP contribution in [0.1, 0.15) is 12.0 Å². The van der Waals surface area contributed by atoms with Crippen LogP contribution in [0.15, 0.2) is 59.7 Å². The fourth-order valence-electron chi connectivity index (χ4n) is 1.71. The molecule has 0 unspecified atom stereocenters. The molecule has 0 saturated heterocycles. The van der Waals surface area contributed by atoms with E-state index < -0.39 is 0 Å². The van der Waals surface area contributed by atoms with Crippen molar-refractivity contribution in [2.45, 2.75) is 6.42 Å². The maximum atomic E-state index is 5.46. The monoisotopic (exact) mass is 313 g/mol. The molecule has 1 aliphatic heterocycles. The minimum Gasteiger partial charge on any atom is -0.375 e. The van der Waals surface area contributed by atoms with E-state index in [0.29, 0.717) is 5.11 Å². The van der Waals surface area contributed by atoms with E-state index in [9.17, 15) is 0 Å². The number of hydrazone groups is 1. The number of rotatable bonds is 1. The van der Waals surface area contributed by atoms with Gasteiger partial charge in [-0.05, 0) is 12.2 Å². The van der Waals surface area contributed by atoms with Gasteiger partial charge >= 0.3 is 17.1 Å². The van der Waals surface area contributed by atoms with Gasteiger partial charge in [-0.1, -0.05) is 0 Å². The number of hydrogen-bond donors (Lipinski definition) is 1. The summed E-state index contributed by atoms with van der Waals surface area (Å²) < 4.78 is 0. The molecule has 0 aromatic heterocycles. The Morgan fingerprint density at radius 2 is 1.89 bits per heavy atom. The summed E-state index contributed by atoms with van der Waals surface area (Å²) >= 11 is 4.83. The van der Waals surface area contributed by atoms with E-state index in [4.69, 9.17) is 18.0 Å². The van der Waals surface area contributed by atoms with E-state index in [1.54, 1.807) is 5.01 Å². The molecule has 100 valence electrons. The molecule has 0 spiro atoms. The minimum absolute atomic E-state index is 0. The Balaban J connectivity index is 0.000000256. The largest absolute Gasteiger partial charge is 2.00 e. The molecule has 2 aromatic carbocycles. The van der Waals surface area contributed by atoms with E-state index in [-0.39, 0.29) is 17.1 Å². The molecule has 2 aromatic rings. The van der Waals surface area contributed by atoms with Crippen LogP contribution in [-0.2, 0) is 17.1 Å². The molecule has 1 heterocycles. The zero-order chi connectivity index (χ0) is 12.8. The van der Waals surface area contributed by atoms with Crippen molar-refractivity contribution in [1.82, 2.24) is 5.01 Å². The van der Waals surface area contributed by atoms with Gasteiger partial charge in [-0.2, -0.15) is 35.4 Å². The maximum Gasteiger partial charge on any atom is 2.00 e. The summed E-state index contributed by atoms with van der Waals surface area (Å²) in [5.74, 6) is 0. The van der Waals surface area contributed by atoms with Gasteiger partial charge in [-0.15, -0.1) is 5.56 Å². The third-order valence-electron chi connectivity index (χ3n) is 2.61. The molecule has 5 heteroatoms. The first kappa shape index (κ1) is 15.6. The second-order valence-corrected chi connectivity index (χ2v) is 4.31. The van der Waals surface area contributed by atoms with Crippen molar-refractivity contribution in [2.75, 3.05) is 6.54 Å². The summed E-state index contributed by atoms with van der Waals surface area (Å²) in [4.78, 5) is 0. The number of nitrogens with zero attached hydrogens (tertiary/aromatic N) is 2. The Morgan fingerprint density at radius 1 is 1.26 bits per heavy atom. The van der Waals surface area contributed by atoms with Crippen LogP contribution in [-0.4, -0.2) is 22.4 Å². The predicted octanol–water partition coefficient (Wildman–Crippen LogP) is 2.46. The van der Waals surface area contributed by atoms with Crippen LogP contribution in [0, 0.1) is 0 Å². The third kappa shape index (κ3) is 4.63. The zero-order valence-electron chi connectivity index (χ0n) is 10.3. The van der Waals surface area contributed by atoms with Crippen molar-refractivity contribution >= 4 is 23.0 Å². The fourth-order valence-corrected chi connectivity index (χ4v) is 1.84. The Kier molecular flexibility index (Phi) is 6.50. The molecule has 3 rings (SSSR count). The third-order valence-corrected chi connectivity index (χ3v) is 2.82. The summed E-state index contributed by atoms with van der Waals surface area (Å²) in [6.07, 6.45) is 0.918. The quantitative estimate of drug-likeness (QED) is 0.499. The van der Waals surface area contributed by atoms with Gasteiger partial charge in [-0.3, -0.25) is 0 Å². The van der Waals surface area contributed by atoms with E-state index in [1.165, 1.54) is 5.56 Å². The molecule has 0 saturated carbocycles. The normalized spacial score (nSPS) is 13.1. The van der Waals surface area contributed by atoms with E-state index in [0.717, 1.165) is 18.7 Å². The van der Waals surface area contributed by atoms with E-state index in [2.05, 4.69) is 5.10 Å². The van der Waals surface area contributed by atoms with Gasteiger partial charge in [-0.25, -0.2) is 29.3 Å². The maximum absolute atomic E-state index is 5.46. The molecular formula is C14H15FeN3S. The first-order valence-electron chi connectivity index (χ1n) is 5.80. The van der Waals surface area contributed by atoms with Crippen LogP contribution in [0.25, 0.3) is 0 Å². The Bertz CT molecular complexity index is 486. The molecule has 0 fully saturated rings. The van der Waals surface area contributed by atoms with Crippen molar-refractivity contribution in [1.29, 1.82) is 0 Å². The zero-order valence-corrected chi connectivity index (χ0v) is 12.3. The van der Waals surface area contributed by atoms with E-state index >= 15 is 0 Å². The second-order valence-electron chi connectivity index (χ2n) is 3.89. The van der Waals surface area contributed by atoms with Crippen LogP contribution >= 0.6 is 12.2 Å². The Morgan fingerprint density at radius 3 is 2.32 bits per heavy atom. The van der Waals surface area contributed by atoms with Gasteiger partial charge in [0.15, 0.2) is 5.11 Å². The van der Waals surface area contributed by atoms with Gasteiger partial charge in [0.25, 0.3) is 0 Å². The van der Waals surface area contributed by atoms with Crippen molar-refractivity contribution in [2.24, 2.45) is 10.8 Å². The van der Waals surface area contributed by atoms with Crippen LogP contribution in [0.2, 0.25) is 0 Å². The van der Waals surface area contributed by atoms with Crippen LogP contribution in [0.5, 0.6) is 0 Å². The Labute approximate surface area is 129 Å². The molecule has 19 heavy (non-hydrogen) atoms. The van der Waals surface area contributed by atoms with Gasteiger partial charge in [0.05, 0.1) is 0 Å². The average molecular weight is 313 g/mol. The van der Waals surface area contributed by atoms with Crippen molar-refractivity contribution in [3.63, 3.8) is 0 Å². The summed E-state index contributed by atoms with van der Waals surface area (Å²) in [6.45, 7) is 0.801. The smallest absolute Gasteiger partial charge is 0.375 e. The van der Waals surface area contributed by atoms with Crippen molar-refractivity contribution in [3.05, 3.63) is 60.2 Å². The summed E-state index contributed by atoms with van der Waals surface area (Å²) in [5, 5.41) is 6.33. The number of hydrogen-bond acceptors (Lipinski definition) is 2. The first-order chi connectivity index (χ1) is 8.77. The molecule has 2 N–H and O–H groups in total. The number of nitrogens with two attached hydrogens (primary N) is 1. The van der Waals surface area contributed by atoms with Crippen LogP contribution in [0.3, 0.4) is 0 Å². The van der Waals surface area contributed by atoms with Gasteiger partial charge in [0.1, 0.15) is 0 Å². The van der Waals surface area contributed by atoms with Crippen molar-refractivity contribution < 1.29 is 17.1 Å². The predicted molar refractivity (Wildman–Crippen MR) is 78.7 cm³/mol. The van der Waals surface area contributed by atoms with Gasteiger partial charge in [0, 0.05) is 18.7 Å². The van der Waals surface area contributed by atoms with Gasteiger partial charge in [0.2, 0.25) is 0 Å². The molecule has 0 radical (unpaired) electrons. The van der Waals surface area contributed by atoms with Crippen LogP contribution < -0.4 is 5.73 Å². The van der Waals surface area contributed by atoms with Gasteiger partial charge < -0.3 is 5.73 Å². The average Bonchev–Trinajstić information content (AvgIpc) is 3.14. The molecule has 0 amide bonds. The first-order valence-corrected chi connectivity index (χ1v) is 6.21. The molecule has 0 aliphatic carbocycles. The Hall–Kier alpha value is -1.42. The molecule has 0 bridgehead atoms. The topological polar surface area (TPSA) is 41.6 Å². The summed E-state index contributed by atoms with van der Waals surface area (Å²) in [6, 6.07) is 18.1.